The third-order valence-electron chi connectivity index (χ3n) is 0.823. The van der Waals surface area contributed by atoms with Crippen LogP contribution in [0.2, 0.25) is 0 Å². The summed E-state index contributed by atoms with van der Waals surface area (Å²) in [4.78, 5) is 0.891. The van der Waals surface area contributed by atoms with Crippen molar-refractivity contribution < 1.29 is 4.39 Å². The molecule has 0 fully saturated rings. The van der Waals surface area contributed by atoms with Gasteiger partial charge < -0.3 is 5.73 Å². The van der Waals surface area contributed by atoms with Gasteiger partial charge in [0, 0.05) is 16.8 Å². The standard InChI is InChI=1S/C5H6FNS.ClH/c6-4-1-5(2-7)8-3-4;/h1,3H,2,7H2;1H. The van der Waals surface area contributed by atoms with Crippen LogP contribution in [0, 0.1) is 5.82 Å². The van der Waals surface area contributed by atoms with Gasteiger partial charge in [-0.2, -0.15) is 0 Å². The highest BCUT2D eigenvalue weighted by Gasteiger charge is 1.93. The Morgan fingerprint density at radius 2 is 2.33 bits per heavy atom. The molecule has 0 unspecified atom stereocenters. The Hall–Kier alpha value is -0.120. The van der Waals surface area contributed by atoms with Crippen LogP contribution in [0.5, 0.6) is 0 Å². The zero-order valence-corrected chi connectivity index (χ0v) is 6.27. The van der Waals surface area contributed by atoms with E-state index in [1.54, 1.807) is 0 Å². The van der Waals surface area contributed by atoms with Gasteiger partial charge >= 0.3 is 0 Å². The van der Waals surface area contributed by atoms with Crippen LogP contribution >= 0.6 is 23.7 Å². The predicted molar refractivity (Wildman–Crippen MR) is 39.4 cm³/mol. The van der Waals surface area contributed by atoms with Crippen molar-refractivity contribution in [2.45, 2.75) is 6.54 Å². The zero-order valence-electron chi connectivity index (χ0n) is 4.63. The maximum absolute atomic E-state index is 12.1. The molecule has 9 heavy (non-hydrogen) atoms. The van der Waals surface area contributed by atoms with Crippen molar-refractivity contribution in [2.24, 2.45) is 5.73 Å². The van der Waals surface area contributed by atoms with Crippen molar-refractivity contribution in [1.82, 2.24) is 0 Å². The number of thiophene rings is 1. The van der Waals surface area contributed by atoms with Gasteiger partial charge in [0.2, 0.25) is 0 Å². The molecule has 1 aromatic rings. The monoisotopic (exact) mass is 167 g/mol. The molecule has 1 nitrogen and oxygen atoms in total. The molecular weight excluding hydrogens is 161 g/mol. The van der Waals surface area contributed by atoms with Crippen LogP contribution in [0.25, 0.3) is 0 Å². The predicted octanol–water partition coefficient (Wildman–Crippen LogP) is 1.77. The summed E-state index contributed by atoms with van der Waals surface area (Å²) < 4.78 is 12.1. The van der Waals surface area contributed by atoms with E-state index in [9.17, 15) is 4.39 Å². The van der Waals surface area contributed by atoms with Crippen LogP contribution in [-0.2, 0) is 6.54 Å². The van der Waals surface area contributed by atoms with E-state index in [1.807, 2.05) is 0 Å². The fourth-order valence-electron chi connectivity index (χ4n) is 0.461. The summed E-state index contributed by atoms with van der Waals surface area (Å²) in [6, 6.07) is 1.45. The molecule has 0 amide bonds. The maximum atomic E-state index is 12.1. The fourth-order valence-corrected chi connectivity index (χ4v) is 1.07. The first-order chi connectivity index (χ1) is 3.83. The molecule has 0 spiro atoms. The molecule has 0 aliphatic carbocycles. The summed E-state index contributed by atoms with van der Waals surface area (Å²) >= 11 is 1.35. The van der Waals surface area contributed by atoms with Gasteiger partial charge in [-0.25, -0.2) is 4.39 Å². The van der Waals surface area contributed by atoms with Crippen LogP contribution in [-0.4, -0.2) is 0 Å². The lowest BCUT2D eigenvalue weighted by molar-refractivity contribution is 0.632. The fraction of sp³-hybridized carbons (Fsp3) is 0.200. The first-order valence-corrected chi connectivity index (χ1v) is 3.14. The minimum atomic E-state index is -0.185. The van der Waals surface area contributed by atoms with E-state index in [4.69, 9.17) is 5.73 Å². The van der Waals surface area contributed by atoms with Crippen LogP contribution in [0.3, 0.4) is 0 Å². The van der Waals surface area contributed by atoms with Crippen LogP contribution in [0.1, 0.15) is 4.88 Å². The SMILES string of the molecule is Cl.NCc1cc(F)cs1. The average Bonchev–Trinajstić information content (AvgIpc) is 2.14. The van der Waals surface area contributed by atoms with E-state index < -0.39 is 0 Å². The first-order valence-electron chi connectivity index (χ1n) is 2.26. The Morgan fingerprint density at radius 3 is 2.56 bits per heavy atom. The lowest BCUT2D eigenvalue weighted by atomic mass is 10.5. The van der Waals surface area contributed by atoms with E-state index in [2.05, 4.69) is 0 Å². The second-order valence-corrected chi connectivity index (χ2v) is 2.43. The normalized spacial score (nSPS) is 8.67. The topological polar surface area (TPSA) is 26.0 Å². The van der Waals surface area contributed by atoms with Crippen molar-refractivity contribution in [3.05, 3.63) is 22.1 Å². The number of nitrogens with two attached hydrogens (primary N) is 1. The maximum Gasteiger partial charge on any atom is 0.134 e. The molecule has 0 aliphatic heterocycles. The minimum Gasteiger partial charge on any atom is -0.326 e. The van der Waals surface area contributed by atoms with Gasteiger partial charge in [-0.05, 0) is 6.07 Å². The highest BCUT2D eigenvalue weighted by molar-refractivity contribution is 7.09. The summed E-state index contributed by atoms with van der Waals surface area (Å²) in [6.45, 7) is 0.439. The van der Waals surface area contributed by atoms with Gasteiger partial charge in [-0.15, -0.1) is 23.7 Å². The molecular formula is C5H7ClFNS. The molecule has 0 bridgehead atoms. The molecule has 0 saturated carbocycles. The highest BCUT2D eigenvalue weighted by atomic mass is 35.5. The lowest BCUT2D eigenvalue weighted by Gasteiger charge is -1.79. The molecule has 1 heterocycles. The summed E-state index contributed by atoms with van der Waals surface area (Å²) in [5.74, 6) is -0.185. The van der Waals surface area contributed by atoms with E-state index in [-0.39, 0.29) is 18.2 Å². The molecule has 1 aromatic heterocycles. The lowest BCUT2D eigenvalue weighted by Crippen LogP contribution is -1.91. The Bertz CT molecular complexity index is 177. The number of halogens is 2. The summed E-state index contributed by atoms with van der Waals surface area (Å²) in [5, 5.41) is 1.45. The molecule has 0 atom stereocenters. The molecule has 0 radical (unpaired) electrons. The molecule has 52 valence electrons. The largest absolute Gasteiger partial charge is 0.326 e. The number of hydrogen-bond donors (Lipinski definition) is 1. The average molecular weight is 168 g/mol. The summed E-state index contributed by atoms with van der Waals surface area (Å²) in [6.07, 6.45) is 0. The Balaban J connectivity index is 0.000000640. The first kappa shape index (κ1) is 8.88. The van der Waals surface area contributed by atoms with Crippen molar-refractivity contribution in [3.63, 3.8) is 0 Å². The van der Waals surface area contributed by atoms with Crippen molar-refractivity contribution >= 4 is 23.7 Å². The third kappa shape index (κ3) is 2.30. The second kappa shape index (κ2) is 3.82. The number of rotatable bonds is 1. The number of hydrogen-bond acceptors (Lipinski definition) is 2. The van der Waals surface area contributed by atoms with Gasteiger partial charge in [-0.3, -0.25) is 0 Å². The van der Waals surface area contributed by atoms with E-state index in [0.717, 1.165) is 4.88 Å². The van der Waals surface area contributed by atoms with Gasteiger partial charge in [0.25, 0.3) is 0 Å². The Kier molecular flexibility index (Phi) is 3.77. The molecule has 4 heteroatoms. The zero-order chi connectivity index (χ0) is 5.98. The van der Waals surface area contributed by atoms with Crippen LogP contribution in [0.4, 0.5) is 4.39 Å². The summed E-state index contributed by atoms with van der Waals surface area (Å²) in [5.41, 5.74) is 5.21. The van der Waals surface area contributed by atoms with Crippen molar-refractivity contribution in [1.29, 1.82) is 0 Å². The molecule has 0 aliphatic rings. The van der Waals surface area contributed by atoms with Crippen LogP contribution < -0.4 is 5.73 Å². The molecule has 1 rings (SSSR count). The summed E-state index contributed by atoms with van der Waals surface area (Å²) in [7, 11) is 0. The van der Waals surface area contributed by atoms with Gasteiger partial charge in [0.1, 0.15) is 5.82 Å². The second-order valence-electron chi connectivity index (χ2n) is 1.44. The quantitative estimate of drug-likeness (QED) is 0.678. The molecule has 2 N–H and O–H groups in total. The molecule has 0 aromatic carbocycles. The van der Waals surface area contributed by atoms with Gasteiger partial charge in [0.05, 0.1) is 0 Å². The van der Waals surface area contributed by atoms with E-state index >= 15 is 0 Å². The van der Waals surface area contributed by atoms with E-state index in [1.165, 1.54) is 22.8 Å². The minimum absolute atomic E-state index is 0. The highest BCUT2D eigenvalue weighted by Crippen LogP contribution is 2.10. The molecule has 0 saturated heterocycles. The smallest absolute Gasteiger partial charge is 0.134 e. The Morgan fingerprint density at radius 1 is 1.67 bits per heavy atom. The third-order valence-corrected chi connectivity index (χ3v) is 1.75. The van der Waals surface area contributed by atoms with Gasteiger partial charge in [-0.1, -0.05) is 0 Å². The van der Waals surface area contributed by atoms with Crippen molar-refractivity contribution in [2.75, 3.05) is 0 Å². The van der Waals surface area contributed by atoms with Crippen molar-refractivity contribution in [3.8, 4) is 0 Å². The van der Waals surface area contributed by atoms with Crippen LogP contribution in [0.15, 0.2) is 11.4 Å². The van der Waals surface area contributed by atoms with Gasteiger partial charge in [0.15, 0.2) is 0 Å². The Labute approximate surface area is 63.1 Å². The van der Waals surface area contributed by atoms with E-state index in [0.29, 0.717) is 6.54 Å².